The monoisotopic (exact) mass is 544 g/mol. The normalized spacial score (nSPS) is 11.9. The number of nitrogens with zero attached hydrogens (tertiary/aromatic N) is 3. The van der Waals surface area contributed by atoms with Gasteiger partial charge in [-0.15, -0.1) is 0 Å². The fourth-order valence-electron chi connectivity index (χ4n) is 3.57. The molecule has 1 atom stereocenters. The molecule has 10 nitrogen and oxygen atoms in total. The van der Waals surface area contributed by atoms with Crippen LogP contribution in [0.15, 0.2) is 83.8 Å². The minimum atomic E-state index is -4.25. The van der Waals surface area contributed by atoms with E-state index in [1.54, 1.807) is 42.5 Å². The number of benzene rings is 3. The van der Waals surface area contributed by atoms with Crippen molar-refractivity contribution in [2.24, 2.45) is 0 Å². The zero-order valence-corrected chi connectivity index (χ0v) is 21.6. The maximum absolute atomic E-state index is 13.6. The summed E-state index contributed by atoms with van der Waals surface area (Å²) in [4.78, 5) is 37.8. The summed E-state index contributed by atoms with van der Waals surface area (Å²) in [5, 5.41) is 14.1. The molecule has 2 amide bonds. The highest BCUT2D eigenvalue weighted by Gasteiger charge is 2.32. The summed E-state index contributed by atoms with van der Waals surface area (Å²) >= 11 is 5.96. The first kappa shape index (κ1) is 27.6. The first-order valence-electron chi connectivity index (χ1n) is 11.1. The van der Waals surface area contributed by atoms with Crippen LogP contribution in [-0.4, -0.2) is 49.7 Å². The smallest absolute Gasteiger partial charge is 0.269 e. The van der Waals surface area contributed by atoms with Crippen LogP contribution in [0.25, 0.3) is 0 Å². The molecule has 3 rings (SSSR count). The number of carbonyl (C=O) groups excluding carboxylic acids is 2. The van der Waals surface area contributed by atoms with Gasteiger partial charge in [-0.1, -0.05) is 41.9 Å². The van der Waals surface area contributed by atoms with E-state index in [0.29, 0.717) is 10.6 Å². The van der Waals surface area contributed by atoms with E-state index in [0.717, 1.165) is 16.4 Å². The fourth-order valence-corrected chi connectivity index (χ4v) is 5.13. The van der Waals surface area contributed by atoms with Crippen molar-refractivity contribution >= 4 is 44.8 Å². The molecule has 0 unspecified atom stereocenters. The molecular formula is C25H25ClN4O6S. The first-order valence-corrected chi connectivity index (χ1v) is 12.9. The number of sulfonamides is 1. The molecule has 0 bridgehead atoms. The van der Waals surface area contributed by atoms with Crippen LogP contribution in [0, 0.1) is 10.1 Å². The van der Waals surface area contributed by atoms with Crippen LogP contribution in [0.2, 0.25) is 5.02 Å². The summed E-state index contributed by atoms with van der Waals surface area (Å²) in [7, 11) is -2.81. The van der Waals surface area contributed by atoms with Gasteiger partial charge in [0.15, 0.2) is 0 Å². The lowest BCUT2D eigenvalue weighted by Gasteiger charge is -2.31. The average molecular weight is 545 g/mol. The summed E-state index contributed by atoms with van der Waals surface area (Å²) in [5.41, 5.74) is 0.507. The van der Waals surface area contributed by atoms with E-state index in [2.05, 4.69) is 5.32 Å². The Bertz CT molecular complexity index is 1370. The van der Waals surface area contributed by atoms with Crippen molar-refractivity contribution in [1.82, 2.24) is 10.2 Å². The maximum atomic E-state index is 13.6. The Morgan fingerprint density at radius 1 is 1.00 bits per heavy atom. The topological polar surface area (TPSA) is 130 Å². The first-order chi connectivity index (χ1) is 17.5. The molecule has 0 aliphatic rings. The summed E-state index contributed by atoms with van der Waals surface area (Å²) in [6.45, 7) is 0.905. The lowest BCUT2D eigenvalue weighted by atomic mass is 10.1. The Balaban J connectivity index is 2.03. The number of rotatable bonds is 10. The number of nitro benzene ring substituents is 1. The molecule has 3 aromatic carbocycles. The van der Waals surface area contributed by atoms with Crippen LogP contribution >= 0.6 is 11.6 Å². The van der Waals surface area contributed by atoms with E-state index in [4.69, 9.17) is 11.6 Å². The molecule has 12 heteroatoms. The van der Waals surface area contributed by atoms with Crippen molar-refractivity contribution in [1.29, 1.82) is 0 Å². The van der Waals surface area contributed by atoms with Gasteiger partial charge < -0.3 is 10.2 Å². The predicted octanol–water partition coefficient (Wildman–Crippen LogP) is 3.61. The van der Waals surface area contributed by atoms with Crippen molar-refractivity contribution in [3.63, 3.8) is 0 Å². The Hall–Kier alpha value is -3.96. The standard InChI is InChI=1S/C25H25ClN4O6S/c1-18(25(32)27-2)28(16-19-8-10-20(26)11-9-19)24(31)17-29(21-12-14-22(15-13-21)30(33)34)37(35,36)23-6-4-3-5-7-23/h3-15,18H,16-17H2,1-2H3,(H,27,32)/t18-/m0/s1. The van der Waals surface area contributed by atoms with Gasteiger partial charge in [0.25, 0.3) is 15.7 Å². The Labute approximate surface area is 219 Å². The van der Waals surface area contributed by atoms with Crippen LogP contribution in [0.4, 0.5) is 11.4 Å². The number of nitro groups is 1. The van der Waals surface area contributed by atoms with E-state index in [9.17, 15) is 28.1 Å². The van der Waals surface area contributed by atoms with Gasteiger partial charge in [-0.3, -0.25) is 24.0 Å². The molecule has 37 heavy (non-hydrogen) atoms. The van der Waals surface area contributed by atoms with Crippen LogP contribution in [0.1, 0.15) is 12.5 Å². The number of nitrogens with one attached hydrogen (secondary N) is 1. The number of hydrogen-bond donors (Lipinski definition) is 1. The second-order valence-corrected chi connectivity index (χ2v) is 10.3. The van der Waals surface area contributed by atoms with Crippen LogP contribution in [-0.2, 0) is 26.2 Å². The molecule has 3 aromatic rings. The number of anilines is 1. The summed E-state index contributed by atoms with van der Waals surface area (Å²) in [6.07, 6.45) is 0. The molecule has 0 spiro atoms. The largest absolute Gasteiger partial charge is 0.357 e. The Kier molecular flexibility index (Phi) is 8.85. The number of halogens is 1. The van der Waals surface area contributed by atoms with Gasteiger partial charge in [-0.25, -0.2) is 8.42 Å². The number of amides is 2. The van der Waals surface area contributed by atoms with Gasteiger partial charge in [-0.05, 0) is 48.9 Å². The highest BCUT2D eigenvalue weighted by molar-refractivity contribution is 7.92. The van der Waals surface area contributed by atoms with Crippen molar-refractivity contribution in [2.75, 3.05) is 17.9 Å². The lowest BCUT2D eigenvalue weighted by molar-refractivity contribution is -0.384. The average Bonchev–Trinajstić information content (AvgIpc) is 2.90. The van der Waals surface area contributed by atoms with Gasteiger partial charge >= 0.3 is 0 Å². The minimum Gasteiger partial charge on any atom is -0.357 e. The van der Waals surface area contributed by atoms with Crippen molar-refractivity contribution in [3.05, 3.63) is 99.6 Å². The highest BCUT2D eigenvalue weighted by Crippen LogP contribution is 2.26. The van der Waals surface area contributed by atoms with Gasteiger partial charge in [-0.2, -0.15) is 0 Å². The molecule has 0 aliphatic heterocycles. The second-order valence-electron chi connectivity index (χ2n) is 8.04. The number of likely N-dealkylation sites (N-methyl/N-ethyl adjacent to an activating group) is 1. The van der Waals surface area contributed by atoms with Crippen LogP contribution < -0.4 is 9.62 Å². The molecule has 0 heterocycles. The molecule has 0 saturated carbocycles. The Morgan fingerprint density at radius 3 is 2.14 bits per heavy atom. The zero-order chi connectivity index (χ0) is 27.2. The molecule has 0 aromatic heterocycles. The molecule has 194 valence electrons. The third-order valence-electron chi connectivity index (χ3n) is 5.64. The van der Waals surface area contributed by atoms with Crippen LogP contribution in [0.5, 0.6) is 0 Å². The van der Waals surface area contributed by atoms with E-state index in [1.165, 1.54) is 43.1 Å². The summed E-state index contributed by atoms with van der Waals surface area (Å²) < 4.78 is 28.1. The fraction of sp³-hybridized carbons (Fsp3) is 0.200. The van der Waals surface area contributed by atoms with Gasteiger partial charge in [0, 0.05) is 30.7 Å². The van der Waals surface area contributed by atoms with Gasteiger partial charge in [0.05, 0.1) is 15.5 Å². The lowest BCUT2D eigenvalue weighted by Crippen LogP contribution is -2.50. The zero-order valence-electron chi connectivity index (χ0n) is 20.1. The van der Waals surface area contributed by atoms with Gasteiger partial charge in [0.2, 0.25) is 11.8 Å². The molecule has 0 radical (unpaired) electrons. The van der Waals surface area contributed by atoms with E-state index in [1.807, 2.05) is 0 Å². The number of carbonyl (C=O) groups is 2. The van der Waals surface area contributed by atoms with Crippen molar-refractivity contribution in [2.45, 2.75) is 24.4 Å². The maximum Gasteiger partial charge on any atom is 0.269 e. The van der Waals surface area contributed by atoms with Gasteiger partial charge in [0.1, 0.15) is 12.6 Å². The summed E-state index contributed by atoms with van der Waals surface area (Å²) in [6, 6.07) is 18.1. The minimum absolute atomic E-state index is 0.0179. The number of hydrogen-bond acceptors (Lipinski definition) is 6. The van der Waals surface area contributed by atoms with Crippen molar-refractivity contribution in [3.8, 4) is 0 Å². The molecular weight excluding hydrogens is 520 g/mol. The second kappa shape index (κ2) is 11.8. The molecule has 0 fully saturated rings. The quantitative estimate of drug-likeness (QED) is 0.306. The highest BCUT2D eigenvalue weighted by atomic mass is 35.5. The van der Waals surface area contributed by atoms with Crippen LogP contribution in [0.3, 0.4) is 0 Å². The third kappa shape index (κ3) is 6.63. The molecule has 0 aliphatic carbocycles. The SMILES string of the molecule is CNC(=O)[C@H](C)N(Cc1ccc(Cl)cc1)C(=O)CN(c1ccc([N+](=O)[O-])cc1)S(=O)(=O)c1ccccc1. The third-order valence-corrected chi connectivity index (χ3v) is 7.68. The van der Waals surface area contributed by atoms with Crippen molar-refractivity contribution < 1.29 is 22.9 Å². The number of non-ortho nitro benzene ring substituents is 1. The summed E-state index contributed by atoms with van der Waals surface area (Å²) in [5.74, 6) is -1.08. The van der Waals surface area contributed by atoms with E-state index in [-0.39, 0.29) is 22.8 Å². The molecule has 1 N–H and O–H groups in total. The van der Waals surface area contributed by atoms with E-state index < -0.39 is 39.3 Å². The Morgan fingerprint density at radius 2 is 1.59 bits per heavy atom. The molecule has 0 saturated heterocycles. The van der Waals surface area contributed by atoms with E-state index >= 15 is 0 Å². The predicted molar refractivity (Wildman–Crippen MR) is 140 cm³/mol.